The van der Waals surface area contributed by atoms with Gasteiger partial charge in [0.05, 0.1) is 17.7 Å². The molecule has 0 bridgehead atoms. The zero-order valence-corrected chi connectivity index (χ0v) is 12.3. The third kappa shape index (κ3) is 4.70. The number of nitrogens with one attached hydrogen (secondary N) is 1. The lowest BCUT2D eigenvalue weighted by molar-refractivity contribution is 0.400. The van der Waals surface area contributed by atoms with Crippen LogP contribution in [0.2, 0.25) is 0 Å². The Bertz CT molecular complexity index is 515. The molecule has 0 unspecified atom stereocenters. The maximum absolute atomic E-state index is 12.0. The van der Waals surface area contributed by atoms with Crippen LogP contribution in [0, 0.1) is 0 Å². The number of hydrogen-bond acceptors (Lipinski definition) is 5. The van der Waals surface area contributed by atoms with E-state index in [0.717, 1.165) is 13.0 Å². The summed E-state index contributed by atoms with van der Waals surface area (Å²) in [5.74, 6) is 0.464. The van der Waals surface area contributed by atoms with E-state index in [1.165, 1.54) is 19.2 Å². The molecule has 3 N–H and O–H groups in total. The highest BCUT2D eigenvalue weighted by Crippen LogP contribution is 2.24. The number of nitrogens with zero attached hydrogens (tertiary/aromatic N) is 1. The van der Waals surface area contributed by atoms with Crippen molar-refractivity contribution < 1.29 is 13.2 Å². The van der Waals surface area contributed by atoms with Crippen LogP contribution in [0.1, 0.15) is 6.42 Å². The zero-order valence-electron chi connectivity index (χ0n) is 11.5. The highest BCUT2D eigenvalue weighted by molar-refractivity contribution is 7.89. The Morgan fingerprint density at radius 3 is 2.58 bits per heavy atom. The lowest BCUT2D eigenvalue weighted by Crippen LogP contribution is -2.27. The molecule has 0 heterocycles. The summed E-state index contributed by atoms with van der Waals surface area (Å²) in [6.07, 6.45) is 0.748. The Labute approximate surface area is 114 Å². The van der Waals surface area contributed by atoms with Crippen LogP contribution in [0.5, 0.6) is 5.75 Å². The fourth-order valence-electron chi connectivity index (χ4n) is 1.56. The third-order valence-corrected chi connectivity index (χ3v) is 4.04. The van der Waals surface area contributed by atoms with Gasteiger partial charge < -0.3 is 15.4 Å². The van der Waals surface area contributed by atoms with Gasteiger partial charge in [0.2, 0.25) is 10.0 Å². The molecule has 6 nitrogen and oxygen atoms in total. The summed E-state index contributed by atoms with van der Waals surface area (Å²) in [5, 5.41) is 0. The maximum atomic E-state index is 12.0. The molecule has 0 aromatic heterocycles. The molecule has 0 radical (unpaired) electrons. The number of nitrogen functional groups attached to an aromatic ring is 1. The SMILES string of the molecule is COc1ccc(S(=O)(=O)NCCCN(C)C)cc1N. The summed E-state index contributed by atoms with van der Waals surface area (Å²) in [6.45, 7) is 1.22. The van der Waals surface area contributed by atoms with Gasteiger partial charge in [-0.15, -0.1) is 0 Å². The van der Waals surface area contributed by atoms with Gasteiger partial charge in [-0.1, -0.05) is 0 Å². The van der Waals surface area contributed by atoms with Gasteiger partial charge >= 0.3 is 0 Å². The van der Waals surface area contributed by atoms with Gasteiger partial charge in [0, 0.05) is 6.54 Å². The first-order valence-electron chi connectivity index (χ1n) is 5.94. The van der Waals surface area contributed by atoms with Gasteiger partial charge in [-0.05, 0) is 45.3 Å². The van der Waals surface area contributed by atoms with Crippen molar-refractivity contribution in [3.05, 3.63) is 18.2 Å². The van der Waals surface area contributed by atoms with Crippen molar-refractivity contribution in [3.8, 4) is 5.75 Å². The van der Waals surface area contributed by atoms with Gasteiger partial charge in [0.1, 0.15) is 5.75 Å². The van der Waals surface area contributed by atoms with Crippen LogP contribution in [-0.4, -0.2) is 47.6 Å². The van der Waals surface area contributed by atoms with Crippen LogP contribution in [-0.2, 0) is 10.0 Å². The fourth-order valence-corrected chi connectivity index (χ4v) is 2.67. The van der Waals surface area contributed by atoms with Gasteiger partial charge in [-0.2, -0.15) is 0 Å². The summed E-state index contributed by atoms with van der Waals surface area (Å²) >= 11 is 0. The van der Waals surface area contributed by atoms with E-state index in [2.05, 4.69) is 4.72 Å². The smallest absolute Gasteiger partial charge is 0.240 e. The first kappa shape index (κ1) is 15.7. The van der Waals surface area contributed by atoms with Crippen molar-refractivity contribution in [3.63, 3.8) is 0 Å². The summed E-state index contributed by atoms with van der Waals surface area (Å²) in [7, 11) is 1.86. The molecule has 0 aliphatic rings. The molecule has 19 heavy (non-hydrogen) atoms. The number of ether oxygens (including phenoxy) is 1. The highest BCUT2D eigenvalue weighted by atomic mass is 32.2. The standard InChI is InChI=1S/C12H21N3O3S/c1-15(2)8-4-7-14-19(16,17)10-5-6-12(18-3)11(13)9-10/h5-6,9,14H,4,7-8,13H2,1-3H3. The van der Waals surface area contributed by atoms with E-state index in [1.807, 2.05) is 19.0 Å². The normalized spacial score (nSPS) is 11.8. The van der Waals surface area contributed by atoms with E-state index in [0.29, 0.717) is 18.0 Å². The summed E-state index contributed by atoms with van der Waals surface area (Å²) in [6, 6.07) is 4.42. The molecule has 0 amide bonds. The molecule has 0 atom stereocenters. The molecule has 7 heteroatoms. The molecular formula is C12H21N3O3S. The summed E-state index contributed by atoms with van der Waals surface area (Å²) < 4.78 is 31.6. The molecular weight excluding hydrogens is 266 g/mol. The molecule has 0 saturated carbocycles. The van der Waals surface area contributed by atoms with Crippen LogP contribution in [0.15, 0.2) is 23.1 Å². The van der Waals surface area contributed by atoms with E-state index in [9.17, 15) is 8.42 Å². The Kier molecular flexibility index (Phi) is 5.59. The van der Waals surface area contributed by atoms with Crippen LogP contribution < -0.4 is 15.2 Å². The zero-order chi connectivity index (χ0) is 14.5. The van der Waals surface area contributed by atoms with Crippen LogP contribution in [0.3, 0.4) is 0 Å². The van der Waals surface area contributed by atoms with Crippen molar-refractivity contribution in [2.45, 2.75) is 11.3 Å². The number of sulfonamides is 1. The van der Waals surface area contributed by atoms with Gasteiger partial charge in [-0.3, -0.25) is 0 Å². The van der Waals surface area contributed by atoms with E-state index in [-0.39, 0.29) is 4.90 Å². The number of hydrogen-bond donors (Lipinski definition) is 2. The Morgan fingerprint density at radius 1 is 1.37 bits per heavy atom. The topological polar surface area (TPSA) is 84.7 Å². The van der Waals surface area contributed by atoms with Crippen molar-refractivity contribution in [1.29, 1.82) is 0 Å². The van der Waals surface area contributed by atoms with Crippen molar-refractivity contribution in [2.75, 3.05) is 40.0 Å². The maximum Gasteiger partial charge on any atom is 0.240 e. The van der Waals surface area contributed by atoms with Crippen molar-refractivity contribution in [1.82, 2.24) is 9.62 Å². The van der Waals surface area contributed by atoms with Crippen molar-refractivity contribution >= 4 is 15.7 Å². The van der Waals surface area contributed by atoms with Gasteiger partial charge in [0.15, 0.2) is 0 Å². The van der Waals surface area contributed by atoms with Crippen LogP contribution in [0.25, 0.3) is 0 Å². The van der Waals surface area contributed by atoms with E-state index < -0.39 is 10.0 Å². The Morgan fingerprint density at radius 2 is 2.05 bits per heavy atom. The fraction of sp³-hybridized carbons (Fsp3) is 0.500. The molecule has 0 aliphatic heterocycles. The van der Waals surface area contributed by atoms with Crippen molar-refractivity contribution in [2.24, 2.45) is 0 Å². The highest BCUT2D eigenvalue weighted by Gasteiger charge is 2.14. The predicted molar refractivity (Wildman–Crippen MR) is 75.8 cm³/mol. The molecule has 0 saturated heterocycles. The second-order valence-electron chi connectivity index (χ2n) is 4.46. The minimum atomic E-state index is -3.51. The number of rotatable bonds is 7. The van der Waals surface area contributed by atoms with E-state index >= 15 is 0 Å². The lowest BCUT2D eigenvalue weighted by atomic mass is 10.3. The monoisotopic (exact) mass is 287 g/mol. The molecule has 1 rings (SSSR count). The first-order chi connectivity index (χ1) is 8.86. The molecule has 0 spiro atoms. The quantitative estimate of drug-likeness (QED) is 0.564. The van der Waals surface area contributed by atoms with Crippen LogP contribution in [0.4, 0.5) is 5.69 Å². The molecule has 0 aliphatic carbocycles. The molecule has 1 aromatic rings. The average Bonchev–Trinajstić information content (AvgIpc) is 2.34. The minimum Gasteiger partial charge on any atom is -0.495 e. The van der Waals surface area contributed by atoms with E-state index in [1.54, 1.807) is 6.07 Å². The predicted octanol–water partition coefficient (Wildman–Crippen LogP) is 0.507. The second kappa shape index (κ2) is 6.74. The van der Waals surface area contributed by atoms with Crippen LogP contribution >= 0.6 is 0 Å². The average molecular weight is 287 g/mol. The second-order valence-corrected chi connectivity index (χ2v) is 6.23. The van der Waals surface area contributed by atoms with Gasteiger partial charge in [0.25, 0.3) is 0 Å². The van der Waals surface area contributed by atoms with E-state index in [4.69, 9.17) is 10.5 Å². The number of anilines is 1. The lowest BCUT2D eigenvalue weighted by Gasteiger charge is -2.11. The molecule has 108 valence electrons. The number of nitrogens with two attached hydrogens (primary N) is 1. The minimum absolute atomic E-state index is 0.149. The first-order valence-corrected chi connectivity index (χ1v) is 7.43. The number of benzene rings is 1. The number of methoxy groups -OCH3 is 1. The largest absolute Gasteiger partial charge is 0.495 e. The molecule has 0 fully saturated rings. The summed E-state index contributed by atoms with van der Waals surface area (Å²) in [5.41, 5.74) is 6.00. The Hall–Kier alpha value is -1.31. The molecule has 1 aromatic carbocycles. The van der Waals surface area contributed by atoms with Gasteiger partial charge in [-0.25, -0.2) is 13.1 Å². The third-order valence-electron chi connectivity index (χ3n) is 2.59. The Balaban J connectivity index is 2.69. The summed E-state index contributed by atoms with van der Waals surface area (Å²) in [4.78, 5) is 2.15.